The fourth-order valence-electron chi connectivity index (χ4n) is 2.21. The maximum Gasteiger partial charge on any atom is 0.124 e. The fraction of sp³-hybridized carbons (Fsp3) is 0.294. The number of hydrogen-bond donors (Lipinski definition) is 1. The lowest BCUT2D eigenvalue weighted by Gasteiger charge is -2.15. The van der Waals surface area contributed by atoms with Gasteiger partial charge in [-0.3, -0.25) is 0 Å². The zero-order valence-corrected chi connectivity index (χ0v) is 11.8. The van der Waals surface area contributed by atoms with Gasteiger partial charge in [0.1, 0.15) is 12.4 Å². The zero-order chi connectivity index (χ0) is 13.8. The minimum Gasteiger partial charge on any atom is -0.489 e. The van der Waals surface area contributed by atoms with Gasteiger partial charge in [0.05, 0.1) is 0 Å². The first-order chi connectivity index (χ1) is 9.09. The Morgan fingerprint density at radius 1 is 1.00 bits per heavy atom. The summed E-state index contributed by atoms with van der Waals surface area (Å²) in [6.07, 6.45) is 0. The lowest BCUT2D eigenvalue weighted by atomic mass is 10.0. The van der Waals surface area contributed by atoms with E-state index in [2.05, 4.69) is 32.0 Å². The maximum atomic E-state index is 5.97. The minimum atomic E-state index is -0.0193. The molecule has 2 rings (SSSR count). The summed E-state index contributed by atoms with van der Waals surface area (Å²) in [5.41, 5.74) is 10.8. The molecule has 0 saturated carbocycles. The number of rotatable bonds is 4. The highest BCUT2D eigenvalue weighted by Gasteiger charge is 2.08. The molecule has 100 valence electrons. The van der Waals surface area contributed by atoms with E-state index >= 15 is 0 Å². The molecule has 2 heteroatoms. The van der Waals surface area contributed by atoms with Gasteiger partial charge in [-0.2, -0.15) is 0 Å². The van der Waals surface area contributed by atoms with Crippen LogP contribution >= 0.6 is 0 Å². The molecule has 0 bridgehead atoms. The van der Waals surface area contributed by atoms with Gasteiger partial charge in [0.25, 0.3) is 0 Å². The van der Waals surface area contributed by atoms with Gasteiger partial charge in [-0.25, -0.2) is 0 Å². The number of benzene rings is 2. The Morgan fingerprint density at radius 3 is 2.26 bits per heavy atom. The minimum absolute atomic E-state index is 0.0193. The second kappa shape index (κ2) is 5.89. The lowest BCUT2D eigenvalue weighted by molar-refractivity contribution is 0.300. The van der Waals surface area contributed by atoms with Crippen LogP contribution in [0.5, 0.6) is 5.75 Å². The van der Waals surface area contributed by atoms with Crippen molar-refractivity contribution in [2.75, 3.05) is 0 Å². The maximum absolute atomic E-state index is 5.97. The summed E-state index contributed by atoms with van der Waals surface area (Å²) in [5.74, 6) is 0.875. The highest BCUT2D eigenvalue weighted by atomic mass is 16.5. The molecule has 2 N–H and O–H groups in total. The summed E-state index contributed by atoms with van der Waals surface area (Å²) in [6.45, 7) is 6.79. The molecule has 0 aromatic heterocycles. The van der Waals surface area contributed by atoms with Gasteiger partial charge in [-0.1, -0.05) is 36.4 Å². The van der Waals surface area contributed by atoms with Crippen molar-refractivity contribution in [3.8, 4) is 5.75 Å². The molecular formula is C17H21NO. The van der Waals surface area contributed by atoms with E-state index in [-0.39, 0.29) is 6.04 Å². The van der Waals surface area contributed by atoms with Crippen LogP contribution in [0.4, 0.5) is 0 Å². The Bertz CT molecular complexity index is 541. The first kappa shape index (κ1) is 13.6. The molecule has 1 atom stereocenters. The molecule has 0 amide bonds. The number of hydrogen-bond acceptors (Lipinski definition) is 2. The Hall–Kier alpha value is -1.80. The molecule has 0 radical (unpaired) electrons. The van der Waals surface area contributed by atoms with Gasteiger partial charge in [-0.05, 0) is 43.5 Å². The normalized spacial score (nSPS) is 12.2. The highest BCUT2D eigenvalue weighted by Crippen LogP contribution is 2.25. The summed E-state index contributed by atoms with van der Waals surface area (Å²) >= 11 is 0. The molecule has 2 aromatic rings. The summed E-state index contributed by atoms with van der Waals surface area (Å²) in [7, 11) is 0. The molecule has 0 saturated heterocycles. The van der Waals surface area contributed by atoms with Crippen molar-refractivity contribution in [3.05, 3.63) is 64.7 Å². The van der Waals surface area contributed by atoms with Crippen molar-refractivity contribution in [2.45, 2.75) is 33.4 Å². The fourth-order valence-corrected chi connectivity index (χ4v) is 2.21. The summed E-state index contributed by atoms with van der Waals surface area (Å²) in [6, 6.07) is 14.2. The summed E-state index contributed by atoms with van der Waals surface area (Å²) in [5, 5.41) is 0. The molecule has 0 aliphatic rings. The van der Waals surface area contributed by atoms with Crippen LogP contribution in [0, 0.1) is 13.8 Å². The molecule has 0 unspecified atom stereocenters. The van der Waals surface area contributed by atoms with Crippen molar-refractivity contribution in [3.63, 3.8) is 0 Å². The number of nitrogens with two attached hydrogens (primary N) is 1. The van der Waals surface area contributed by atoms with Crippen LogP contribution in [0.1, 0.15) is 35.2 Å². The first-order valence-corrected chi connectivity index (χ1v) is 6.62. The standard InChI is InChI=1S/C17H21NO/c1-12-7-6-8-13(2)16(12)11-19-17-10-5-4-9-15(17)14(3)18/h4-10,14H,11,18H2,1-3H3/t14-/m0/s1. The molecular weight excluding hydrogens is 234 g/mol. The molecule has 2 aromatic carbocycles. The van der Waals surface area contributed by atoms with Crippen LogP contribution in [0.2, 0.25) is 0 Å². The Morgan fingerprint density at radius 2 is 1.63 bits per heavy atom. The quantitative estimate of drug-likeness (QED) is 0.899. The molecule has 0 fully saturated rings. The monoisotopic (exact) mass is 255 g/mol. The van der Waals surface area contributed by atoms with E-state index in [0.717, 1.165) is 11.3 Å². The van der Waals surface area contributed by atoms with Crippen LogP contribution in [-0.4, -0.2) is 0 Å². The number of ether oxygens (including phenoxy) is 1. The molecule has 0 spiro atoms. The largest absolute Gasteiger partial charge is 0.489 e. The topological polar surface area (TPSA) is 35.2 Å². The molecule has 19 heavy (non-hydrogen) atoms. The van der Waals surface area contributed by atoms with Crippen LogP contribution in [-0.2, 0) is 6.61 Å². The predicted octanol–water partition coefficient (Wildman–Crippen LogP) is 3.90. The Kier molecular flexibility index (Phi) is 4.23. The van der Waals surface area contributed by atoms with Crippen molar-refractivity contribution in [2.24, 2.45) is 5.73 Å². The van der Waals surface area contributed by atoms with Gasteiger partial charge >= 0.3 is 0 Å². The van der Waals surface area contributed by atoms with Gasteiger partial charge in [0.2, 0.25) is 0 Å². The average molecular weight is 255 g/mol. The SMILES string of the molecule is Cc1cccc(C)c1COc1ccccc1[C@H](C)N. The van der Waals surface area contributed by atoms with Crippen molar-refractivity contribution in [1.82, 2.24) is 0 Å². The lowest BCUT2D eigenvalue weighted by Crippen LogP contribution is -2.08. The van der Waals surface area contributed by atoms with Crippen molar-refractivity contribution in [1.29, 1.82) is 0 Å². The van der Waals surface area contributed by atoms with Gasteiger partial charge < -0.3 is 10.5 Å². The van der Waals surface area contributed by atoms with E-state index in [1.165, 1.54) is 16.7 Å². The van der Waals surface area contributed by atoms with E-state index < -0.39 is 0 Å². The molecule has 2 nitrogen and oxygen atoms in total. The van der Waals surface area contributed by atoms with Crippen LogP contribution < -0.4 is 10.5 Å². The van der Waals surface area contributed by atoms with E-state index in [4.69, 9.17) is 10.5 Å². The number of para-hydroxylation sites is 1. The highest BCUT2D eigenvalue weighted by molar-refractivity contribution is 5.37. The average Bonchev–Trinajstić information content (AvgIpc) is 2.38. The van der Waals surface area contributed by atoms with E-state index in [9.17, 15) is 0 Å². The van der Waals surface area contributed by atoms with Crippen LogP contribution in [0.3, 0.4) is 0 Å². The Labute approximate surface area is 115 Å². The van der Waals surface area contributed by atoms with Gasteiger partial charge in [0, 0.05) is 11.6 Å². The zero-order valence-electron chi connectivity index (χ0n) is 11.8. The summed E-state index contributed by atoms with van der Waals surface area (Å²) in [4.78, 5) is 0. The van der Waals surface area contributed by atoms with Crippen molar-refractivity contribution < 1.29 is 4.74 Å². The van der Waals surface area contributed by atoms with E-state index in [1.54, 1.807) is 0 Å². The summed E-state index contributed by atoms with van der Waals surface area (Å²) < 4.78 is 5.97. The van der Waals surface area contributed by atoms with Gasteiger partial charge in [-0.15, -0.1) is 0 Å². The molecule has 0 heterocycles. The smallest absolute Gasteiger partial charge is 0.124 e. The third-order valence-corrected chi connectivity index (χ3v) is 3.43. The van der Waals surface area contributed by atoms with Crippen LogP contribution in [0.25, 0.3) is 0 Å². The van der Waals surface area contributed by atoms with Crippen molar-refractivity contribution >= 4 is 0 Å². The van der Waals surface area contributed by atoms with E-state index in [1.807, 2.05) is 31.2 Å². The van der Waals surface area contributed by atoms with Gasteiger partial charge in [0.15, 0.2) is 0 Å². The second-order valence-corrected chi connectivity index (χ2v) is 4.99. The first-order valence-electron chi connectivity index (χ1n) is 6.62. The van der Waals surface area contributed by atoms with E-state index in [0.29, 0.717) is 6.61 Å². The third kappa shape index (κ3) is 3.15. The predicted molar refractivity (Wildman–Crippen MR) is 79.3 cm³/mol. The Balaban J connectivity index is 2.19. The number of aryl methyl sites for hydroxylation is 2. The third-order valence-electron chi connectivity index (χ3n) is 3.43. The second-order valence-electron chi connectivity index (χ2n) is 4.99. The van der Waals surface area contributed by atoms with Crippen LogP contribution in [0.15, 0.2) is 42.5 Å². The molecule has 0 aliphatic carbocycles. The molecule has 0 aliphatic heterocycles.